The van der Waals surface area contributed by atoms with Gasteiger partial charge in [0.05, 0.1) is 0 Å². The second-order valence-electron chi connectivity index (χ2n) is 8.90. The van der Waals surface area contributed by atoms with E-state index in [1.54, 1.807) is 0 Å². The Bertz CT molecular complexity index is 929. The third-order valence-electron chi connectivity index (χ3n) is 6.73. The fourth-order valence-corrected chi connectivity index (χ4v) is 5.60. The lowest BCUT2D eigenvalue weighted by molar-refractivity contribution is 0.0719. The first-order chi connectivity index (χ1) is 15.1. The number of benzene rings is 2. The summed E-state index contributed by atoms with van der Waals surface area (Å²) in [6, 6.07) is 14.7. The zero-order chi connectivity index (χ0) is 21.6. The summed E-state index contributed by atoms with van der Waals surface area (Å²) < 4.78 is 6.08. The van der Waals surface area contributed by atoms with Gasteiger partial charge in [-0.3, -0.25) is 4.79 Å². The maximum Gasteiger partial charge on any atom is 0.254 e. The van der Waals surface area contributed by atoms with Crippen molar-refractivity contribution in [2.45, 2.75) is 63.4 Å². The Morgan fingerprint density at radius 3 is 2.58 bits per heavy atom. The average molecular weight is 438 g/mol. The summed E-state index contributed by atoms with van der Waals surface area (Å²) in [4.78, 5) is 16.7. The van der Waals surface area contributed by atoms with Crippen LogP contribution in [0.4, 0.5) is 0 Å². The molecule has 0 bridgehead atoms. The molecule has 1 aliphatic heterocycles. The van der Waals surface area contributed by atoms with Crippen LogP contribution in [0, 0.1) is 5.92 Å². The molecule has 1 atom stereocenters. The Morgan fingerprint density at radius 1 is 1.06 bits per heavy atom. The van der Waals surface area contributed by atoms with Gasteiger partial charge in [0.2, 0.25) is 0 Å². The summed E-state index contributed by atoms with van der Waals surface area (Å²) in [5.41, 5.74) is 3.18. The highest BCUT2D eigenvalue weighted by molar-refractivity contribution is 8.14. The van der Waals surface area contributed by atoms with E-state index in [-0.39, 0.29) is 16.4 Å². The predicted octanol–water partition coefficient (Wildman–Crippen LogP) is 6.31. The SMILES string of the molecule is C/C=S(/C)c1ccc(COc2ccc3c(c2)CCCN(CC2CCCCC2)C3=O)cc1. The van der Waals surface area contributed by atoms with Crippen LogP contribution in [0.5, 0.6) is 5.75 Å². The van der Waals surface area contributed by atoms with Crippen molar-refractivity contribution >= 4 is 21.8 Å². The Balaban J connectivity index is 1.40. The number of fused-ring (bicyclic) bond motifs is 1. The molecule has 2 aliphatic rings. The molecule has 4 heteroatoms. The lowest BCUT2D eigenvalue weighted by Crippen LogP contribution is -2.36. The Kier molecular flexibility index (Phi) is 7.49. The molecule has 2 aromatic carbocycles. The molecular weight excluding hydrogens is 402 g/mol. The Hall–Kier alpha value is -2.07. The normalized spacial score (nSPS) is 18.5. The first-order valence-corrected chi connectivity index (χ1v) is 13.4. The smallest absolute Gasteiger partial charge is 0.254 e. The van der Waals surface area contributed by atoms with E-state index in [0.29, 0.717) is 12.5 Å². The number of nitrogens with zero attached hydrogens (tertiary/aromatic N) is 1. The van der Waals surface area contributed by atoms with E-state index >= 15 is 0 Å². The van der Waals surface area contributed by atoms with Crippen LogP contribution in [-0.4, -0.2) is 35.5 Å². The first-order valence-electron chi connectivity index (χ1n) is 11.7. The van der Waals surface area contributed by atoms with Crippen molar-refractivity contribution < 1.29 is 9.53 Å². The van der Waals surface area contributed by atoms with Crippen LogP contribution in [0.3, 0.4) is 0 Å². The van der Waals surface area contributed by atoms with Crippen LogP contribution in [0.25, 0.3) is 0 Å². The lowest BCUT2D eigenvalue weighted by Gasteiger charge is -2.29. The standard InChI is InChI=1S/C27H35NO2S/c1-3-31(2)25-14-11-22(12-15-25)20-30-24-13-16-26-23(18-24)10-7-17-28(27(26)29)19-21-8-5-4-6-9-21/h3,11-16,18,21H,4-10,17,19-20H2,1-2H3. The summed E-state index contributed by atoms with van der Waals surface area (Å²) in [6.07, 6.45) is 10.8. The van der Waals surface area contributed by atoms with E-state index in [1.807, 2.05) is 12.1 Å². The fraction of sp³-hybridized carbons (Fsp3) is 0.481. The Labute approximate surface area is 189 Å². The molecule has 0 aromatic heterocycles. The minimum Gasteiger partial charge on any atom is -0.489 e. The molecule has 31 heavy (non-hydrogen) atoms. The van der Waals surface area contributed by atoms with Crippen molar-refractivity contribution in [2.24, 2.45) is 5.92 Å². The summed E-state index contributed by atoms with van der Waals surface area (Å²) in [6.45, 7) is 4.47. The van der Waals surface area contributed by atoms with Gasteiger partial charge in [-0.2, -0.15) is 10.5 Å². The van der Waals surface area contributed by atoms with Crippen LogP contribution in [-0.2, 0) is 13.0 Å². The molecule has 1 unspecified atom stereocenters. The number of hydrogen-bond acceptors (Lipinski definition) is 2. The zero-order valence-electron chi connectivity index (χ0n) is 18.9. The van der Waals surface area contributed by atoms with E-state index < -0.39 is 0 Å². The van der Waals surface area contributed by atoms with Gasteiger partial charge in [0.25, 0.3) is 5.91 Å². The van der Waals surface area contributed by atoms with Crippen LogP contribution in [0.1, 0.15) is 66.9 Å². The molecule has 0 N–H and O–H groups in total. The molecule has 1 aliphatic carbocycles. The van der Waals surface area contributed by atoms with Crippen LogP contribution < -0.4 is 4.74 Å². The molecule has 3 nitrogen and oxygen atoms in total. The van der Waals surface area contributed by atoms with Crippen molar-refractivity contribution in [1.29, 1.82) is 0 Å². The third kappa shape index (κ3) is 5.60. The van der Waals surface area contributed by atoms with E-state index in [4.69, 9.17) is 4.74 Å². The minimum atomic E-state index is 0.197. The minimum absolute atomic E-state index is 0.197. The van der Waals surface area contributed by atoms with Crippen molar-refractivity contribution in [3.63, 3.8) is 0 Å². The molecule has 0 spiro atoms. The monoisotopic (exact) mass is 437 g/mol. The average Bonchev–Trinajstić information content (AvgIpc) is 2.96. The van der Waals surface area contributed by atoms with Crippen molar-refractivity contribution in [2.75, 3.05) is 19.3 Å². The van der Waals surface area contributed by atoms with Crippen LogP contribution in [0.15, 0.2) is 47.4 Å². The van der Waals surface area contributed by atoms with Crippen LogP contribution in [0.2, 0.25) is 0 Å². The molecule has 1 amide bonds. The summed E-state index contributed by atoms with van der Waals surface area (Å²) in [5.74, 6) is 1.75. The number of aryl methyl sites for hydroxylation is 1. The second kappa shape index (κ2) is 10.5. The van der Waals surface area contributed by atoms with E-state index in [1.165, 1.54) is 42.6 Å². The second-order valence-corrected chi connectivity index (χ2v) is 11.0. The maximum atomic E-state index is 13.2. The van der Waals surface area contributed by atoms with Crippen molar-refractivity contribution in [3.05, 3.63) is 59.2 Å². The predicted molar refractivity (Wildman–Crippen MR) is 132 cm³/mol. The van der Waals surface area contributed by atoms with Gasteiger partial charge in [0.1, 0.15) is 12.4 Å². The van der Waals surface area contributed by atoms with Gasteiger partial charge in [-0.05, 0) is 86.2 Å². The highest BCUT2D eigenvalue weighted by Crippen LogP contribution is 2.28. The van der Waals surface area contributed by atoms with Gasteiger partial charge >= 0.3 is 0 Å². The summed E-state index contributed by atoms with van der Waals surface area (Å²) in [7, 11) is 0.197. The van der Waals surface area contributed by atoms with Crippen molar-refractivity contribution in [3.8, 4) is 5.75 Å². The van der Waals surface area contributed by atoms with E-state index in [9.17, 15) is 4.79 Å². The molecule has 166 valence electrons. The largest absolute Gasteiger partial charge is 0.489 e. The number of carbonyl (C=O) groups is 1. The van der Waals surface area contributed by atoms with Gasteiger partial charge in [-0.15, -0.1) is 0 Å². The third-order valence-corrected chi connectivity index (χ3v) is 8.45. The van der Waals surface area contributed by atoms with Gasteiger partial charge in [0.15, 0.2) is 0 Å². The van der Waals surface area contributed by atoms with E-state index in [2.05, 4.69) is 53.8 Å². The quantitative estimate of drug-likeness (QED) is 0.495. The highest BCUT2D eigenvalue weighted by Gasteiger charge is 2.25. The number of hydrogen-bond donors (Lipinski definition) is 0. The maximum absolute atomic E-state index is 13.2. The molecule has 1 heterocycles. The van der Waals surface area contributed by atoms with Gasteiger partial charge in [-0.1, -0.05) is 36.8 Å². The molecular formula is C27H35NO2S. The van der Waals surface area contributed by atoms with Gasteiger partial charge < -0.3 is 9.64 Å². The lowest BCUT2D eigenvalue weighted by atomic mass is 9.89. The number of carbonyl (C=O) groups excluding carboxylic acids is 1. The van der Waals surface area contributed by atoms with Crippen molar-refractivity contribution in [1.82, 2.24) is 4.90 Å². The summed E-state index contributed by atoms with van der Waals surface area (Å²) in [5, 5.41) is 2.23. The van der Waals surface area contributed by atoms with E-state index in [0.717, 1.165) is 42.8 Å². The molecule has 4 rings (SSSR count). The number of rotatable bonds is 6. The first kappa shape index (κ1) is 22.1. The zero-order valence-corrected chi connectivity index (χ0v) is 19.8. The topological polar surface area (TPSA) is 29.5 Å². The highest BCUT2D eigenvalue weighted by atomic mass is 32.2. The molecule has 0 saturated heterocycles. The molecule has 0 radical (unpaired) electrons. The number of ether oxygens (including phenoxy) is 1. The molecule has 1 saturated carbocycles. The molecule has 2 aromatic rings. The number of amides is 1. The van der Waals surface area contributed by atoms with Gasteiger partial charge in [-0.25, -0.2) is 0 Å². The fourth-order valence-electron chi connectivity index (χ4n) is 4.77. The van der Waals surface area contributed by atoms with Gasteiger partial charge in [0, 0.05) is 23.5 Å². The summed E-state index contributed by atoms with van der Waals surface area (Å²) >= 11 is 0. The van der Waals surface area contributed by atoms with Crippen LogP contribution >= 0.6 is 10.5 Å². The Morgan fingerprint density at radius 2 is 1.84 bits per heavy atom. The molecule has 1 fully saturated rings.